The van der Waals surface area contributed by atoms with Crippen LogP contribution in [-0.2, 0) is 0 Å². The van der Waals surface area contributed by atoms with Crippen LogP contribution in [-0.4, -0.2) is 17.0 Å². The van der Waals surface area contributed by atoms with Crippen LogP contribution in [0.1, 0.15) is 15.4 Å². The van der Waals surface area contributed by atoms with Crippen LogP contribution in [0.4, 0.5) is 5.88 Å². The molecule has 1 N–H and O–H groups in total. The molecule has 0 bridgehead atoms. The number of hydrazone groups is 1. The Bertz CT molecular complexity index is 649. The number of carbonyl (C=O) groups excluding carboxylic acids is 1. The molecule has 0 spiro atoms. The van der Waals surface area contributed by atoms with Gasteiger partial charge in [0, 0.05) is 0 Å². The number of carbonyl (C=O) groups is 1. The maximum absolute atomic E-state index is 11.5. The Labute approximate surface area is 115 Å². The molecule has 0 atom stereocenters. The second-order valence-corrected chi connectivity index (χ2v) is 4.95. The Hall–Kier alpha value is -2.19. The second kappa shape index (κ2) is 5.63. The van der Waals surface area contributed by atoms with Crippen molar-refractivity contribution >= 4 is 40.9 Å². The number of furan rings is 1. The van der Waals surface area contributed by atoms with Gasteiger partial charge in [-0.3, -0.25) is 14.9 Å². The number of nitrogens with one attached hydrogen (secondary N) is 1. The fourth-order valence-electron chi connectivity index (χ4n) is 1.16. The molecular weight excluding hydrogens is 294 g/mol. The maximum Gasteiger partial charge on any atom is 0.433 e. The van der Waals surface area contributed by atoms with E-state index in [1.54, 1.807) is 12.1 Å². The SMILES string of the molecule is O=C(N/N=C/c1ccc([N+](=O)[O-])o1)c1ccc(Cl)s1. The highest BCUT2D eigenvalue weighted by molar-refractivity contribution is 7.17. The van der Waals surface area contributed by atoms with Crippen LogP contribution in [0.15, 0.2) is 33.8 Å². The van der Waals surface area contributed by atoms with Crippen molar-refractivity contribution in [3.63, 3.8) is 0 Å². The Balaban J connectivity index is 1.96. The molecule has 9 heteroatoms. The lowest BCUT2D eigenvalue weighted by atomic mass is 10.4. The van der Waals surface area contributed by atoms with Gasteiger partial charge in [-0.25, -0.2) is 5.43 Å². The molecule has 2 rings (SSSR count). The molecule has 1 amide bonds. The monoisotopic (exact) mass is 299 g/mol. The van der Waals surface area contributed by atoms with Crippen molar-refractivity contribution in [3.05, 3.63) is 49.4 Å². The van der Waals surface area contributed by atoms with Crippen LogP contribution < -0.4 is 5.43 Å². The van der Waals surface area contributed by atoms with E-state index in [2.05, 4.69) is 10.5 Å². The smallest absolute Gasteiger partial charge is 0.400 e. The average Bonchev–Trinajstić information content (AvgIpc) is 2.98. The minimum absolute atomic E-state index is 0.163. The standard InChI is InChI=1S/C10H6ClN3O4S/c11-8-3-2-7(19-8)10(15)13-12-5-6-1-4-9(18-6)14(16)17/h1-5H,(H,13,15)/b12-5+. The molecule has 7 nitrogen and oxygen atoms in total. The maximum atomic E-state index is 11.5. The third-order valence-electron chi connectivity index (χ3n) is 1.95. The quantitative estimate of drug-likeness (QED) is 0.533. The Kier molecular flexibility index (Phi) is 3.93. The highest BCUT2D eigenvalue weighted by Crippen LogP contribution is 2.21. The Morgan fingerprint density at radius 3 is 2.84 bits per heavy atom. The van der Waals surface area contributed by atoms with Gasteiger partial charge in [-0.05, 0) is 18.2 Å². The van der Waals surface area contributed by atoms with Crippen LogP contribution >= 0.6 is 22.9 Å². The molecule has 0 saturated carbocycles. The van der Waals surface area contributed by atoms with Crippen molar-refractivity contribution in [2.24, 2.45) is 5.10 Å². The fraction of sp³-hybridized carbons (Fsp3) is 0. The zero-order valence-corrected chi connectivity index (χ0v) is 10.8. The van der Waals surface area contributed by atoms with Gasteiger partial charge in [-0.1, -0.05) is 11.6 Å². The summed E-state index contributed by atoms with van der Waals surface area (Å²) in [6.07, 6.45) is 1.17. The van der Waals surface area contributed by atoms with E-state index in [0.29, 0.717) is 9.21 Å². The average molecular weight is 300 g/mol. The number of rotatable bonds is 4. The molecule has 0 saturated heterocycles. The minimum atomic E-state index is -0.663. The minimum Gasteiger partial charge on any atom is -0.400 e. The highest BCUT2D eigenvalue weighted by atomic mass is 35.5. The largest absolute Gasteiger partial charge is 0.433 e. The first-order valence-electron chi connectivity index (χ1n) is 4.89. The normalized spacial score (nSPS) is 10.8. The van der Waals surface area contributed by atoms with E-state index < -0.39 is 16.7 Å². The van der Waals surface area contributed by atoms with Gasteiger partial charge in [-0.2, -0.15) is 5.10 Å². The summed E-state index contributed by atoms with van der Waals surface area (Å²) < 4.78 is 5.31. The summed E-state index contributed by atoms with van der Waals surface area (Å²) in [5, 5.41) is 14.0. The highest BCUT2D eigenvalue weighted by Gasteiger charge is 2.10. The first-order valence-corrected chi connectivity index (χ1v) is 6.08. The number of hydrogen-bond donors (Lipinski definition) is 1. The van der Waals surface area contributed by atoms with E-state index in [0.717, 1.165) is 11.3 Å². The van der Waals surface area contributed by atoms with Gasteiger partial charge in [0.15, 0.2) is 5.76 Å². The lowest BCUT2D eigenvalue weighted by Crippen LogP contribution is -2.15. The van der Waals surface area contributed by atoms with E-state index in [1.165, 1.54) is 18.3 Å². The summed E-state index contributed by atoms with van der Waals surface area (Å²) in [6, 6.07) is 5.73. The lowest BCUT2D eigenvalue weighted by molar-refractivity contribution is -0.402. The van der Waals surface area contributed by atoms with Crippen LogP contribution in [0, 0.1) is 10.1 Å². The molecule has 0 fully saturated rings. The van der Waals surface area contributed by atoms with Gasteiger partial charge in [0.05, 0.1) is 21.5 Å². The summed E-state index contributed by atoms with van der Waals surface area (Å²) in [5.41, 5.74) is 2.25. The molecule has 2 aromatic rings. The van der Waals surface area contributed by atoms with Crippen LogP contribution in [0.2, 0.25) is 4.34 Å². The summed E-state index contributed by atoms with van der Waals surface area (Å²) in [6.45, 7) is 0. The predicted octanol–water partition coefficient (Wildman–Crippen LogP) is 2.67. The van der Waals surface area contributed by atoms with Crippen LogP contribution in [0.25, 0.3) is 0 Å². The van der Waals surface area contributed by atoms with Crippen molar-refractivity contribution in [1.29, 1.82) is 0 Å². The number of hydrogen-bond acceptors (Lipinski definition) is 6. The van der Waals surface area contributed by atoms with Crippen molar-refractivity contribution in [2.75, 3.05) is 0 Å². The third-order valence-corrected chi connectivity index (χ3v) is 3.18. The zero-order valence-electron chi connectivity index (χ0n) is 9.20. The van der Waals surface area contributed by atoms with E-state index in [1.807, 2.05) is 0 Å². The Morgan fingerprint density at radius 1 is 1.47 bits per heavy atom. The molecule has 0 aliphatic heterocycles. The predicted molar refractivity (Wildman–Crippen MR) is 69.8 cm³/mol. The summed E-state index contributed by atoms with van der Waals surface area (Å²) in [7, 11) is 0. The Morgan fingerprint density at radius 2 is 2.26 bits per heavy atom. The van der Waals surface area contributed by atoms with Crippen molar-refractivity contribution in [3.8, 4) is 0 Å². The molecule has 0 aliphatic rings. The number of thiophene rings is 1. The van der Waals surface area contributed by atoms with Crippen molar-refractivity contribution < 1.29 is 14.1 Å². The molecule has 0 aromatic carbocycles. The van der Waals surface area contributed by atoms with E-state index in [-0.39, 0.29) is 5.76 Å². The fourth-order valence-corrected chi connectivity index (χ4v) is 2.09. The third kappa shape index (κ3) is 3.39. The molecule has 19 heavy (non-hydrogen) atoms. The van der Waals surface area contributed by atoms with Gasteiger partial charge < -0.3 is 4.42 Å². The van der Waals surface area contributed by atoms with Gasteiger partial charge in [0.25, 0.3) is 5.91 Å². The number of halogens is 1. The number of amides is 1. The van der Waals surface area contributed by atoms with Crippen molar-refractivity contribution in [2.45, 2.75) is 0 Å². The molecule has 0 radical (unpaired) electrons. The van der Waals surface area contributed by atoms with Gasteiger partial charge >= 0.3 is 5.88 Å². The van der Waals surface area contributed by atoms with Gasteiger partial charge in [0.1, 0.15) is 4.92 Å². The van der Waals surface area contributed by atoms with Gasteiger partial charge in [0.2, 0.25) is 0 Å². The summed E-state index contributed by atoms with van der Waals surface area (Å²) in [5.74, 6) is -0.650. The first kappa shape index (κ1) is 13.2. The van der Waals surface area contributed by atoms with Gasteiger partial charge in [-0.15, -0.1) is 11.3 Å². The molecular formula is C10H6ClN3O4S. The number of nitro groups is 1. The van der Waals surface area contributed by atoms with E-state index >= 15 is 0 Å². The lowest BCUT2D eigenvalue weighted by Gasteiger charge is -1.93. The summed E-state index contributed by atoms with van der Waals surface area (Å²) >= 11 is 6.80. The first-order chi connectivity index (χ1) is 9.06. The zero-order chi connectivity index (χ0) is 13.8. The molecule has 98 valence electrons. The summed E-state index contributed by atoms with van der Waals surface area (Å²) in [4.78, 5) is 21.7. The molecule has 2 heterocycles. The van der Waals surface area contributed by atoms with Crippen molar-refractivity contribution in [1.82, 2.24) is 5.43 Å². The molecule has 0 aliphatic carbocycles. The van der Waals surface area contributed by atoms with E-state index in [4.69, 9.17) is 16.0 Å². The van der Waals surface area contributed by atoms with Crippen LogP contribution in [0.3, 0.4) is 0 Å². The number of nitrogens with zero attached hydrogens (tertiary/aromatic N) is 2. The second-order valence-electron chi connectivity index (χ2n) is 3.24. The molecule has 0 unspecified atom stereocenters. The van der Waals surface area contributed by atoms with E-state index in [9.17, 15) is 14.9 Å². The van der Waals surface area contributed by atoms with Crippen LogP contribution in [0.5, 0.6) is 0 Å². The molecule has 2 aromatic heterocycles. The topological polar surface area (TPSA) is 97.7 Å².